The third-order valence-electron chi connectivity index (χ3n) is 4.58. The minimum atomic E-state index is 0.226. The van der Waals surface area contributed by atoms with E-state index in [1.807, 2.05) is 78.9 Å². The van der Waals surface area contributed by atoms with Crippen LogP contribution in [0.3, 0.4) is 0 Å². The number of hydrogen-bond acceptors (Lipinski definition) is 6. The Balaban J connectivity index is 1.46. The predicted octanol–water partition coefficient (Wildman–Crippen LogP) is 4.99. The molecule has 0 radical (unpaired) electrons. The van der Waals surface area contributed by atoms with Crippen LogP contribution in [-0.4, -0.2) is 28.2 Å². The van der Waals surface area contributed by atoms with Gasteiger partial charge in [0.25, 0.3) is 0 Å². The van der Waals surface area contributed by atoms with Crippen molar-refractivity contribution in [1.29, 1.82) is 0 Å². The number of methoxy groups -OCH3 is 1. The Morgan fingerprint density at radius 3 is 2.44 bits per heavy atom. The van der Waals surface area contributed by atoms with Crippen LogP contribution in [0.1, 0.15) is 17.0 Å². The number of aromatic nitrogens is 3. The van der Waals surface area contributed by atoms with E-state index in [-0.39, 0.29) is 6.61 Å². The van der Waals surface area contributed by atoms with E-state index in [9.17, 15) is 0 Å². The van der Waals surface area contributed by atoms with E-state index in [0.717, 1.165) is 16.9 Å². The molecule has 0 amide bonds. The zero-order valence-electron chi connectivity index (χ0n) is 17.5. The molecule has 0 aliphatic rings. The van der Waals surface area contributed by atoms with Crippen LogP contribution in [0.5, 0.6) is 17.2 Å². The summed E-state index contributed by atoms with van der Waals surface area (Å²) in [6, 6.07) is 25.1. The fourth-order valence-corrected chi connectivity index (χ4v) is 3.14. The lowest BCUT2D eigenvalue weighted by Crippen LogP contribution is -2.04. The maximum atomic E-state index is 5.91. The Bertz CT molecular complexity index is 1240. The standard InChI is InChI=1S/C24H22N4O3S/c1-29-22-14-19(12-13-21(22)31-16-18-8-4-2-5-9-18)15-25-28-23(26-27-24(28)32)17-30-20-10-6-3-7-11-20/h2-15H,16-17H2,1H3,(H,27,32)/b25-15+. The lowest BCUT2D eigenvalue weighted by atomic mass is 10.2. The molecule has 0 bridgehead atoms. The molecule has 1 heterocycles. The van der Waals surface area contributed by atoms with E-state index in [1.54, 1.807) is 13.3 Å². The summed E-state index contributed by atoms with van der Waals surface area (Å²) in [4.78, 5) is 0. The van der Waals surface area contributed by atoms with Gasteiger partial charge in [0.2, 0.25) is 4.77 Å². The van der Waals surface area contributed by atoms with Crippen LogP contribution in [0.15, 0.2) is 84.0 Å². The number of para-hydroxylation sites is 1. The zero-order valence-corrected chi connectivity index (χ0v) is 18.3. The molecule has 32 heavy (non-hydrogen) atoms. The van der Waals surface area contributed by atoms with Gasteiger partial charge in [-0.3, -0.25) is 0 Å². The Hall–Kier alpha value is -3.91. The van der Waals surface area contributed by atoms with Gasteiger partial charge in [-0.15, -0.1) is 0 Å². The second-order valence-corrected chi connectivity index (χ2v) is 7.17. The molecule has 4 rings (SSSR count). The van der Waals surface area contributed by atoms with Gasteiger partial charge in [0.05, 0.1) is 13.3 Å². The fraction of sp³-hybridized carbons (Fsp3) is 0.125. The van der Waals surface area contributed by atoms with Crippen molar-refractivity contribution in [3.05, 3.63) is 101 Å². The first-order valence-electron chi connectivity index (χ1n) is 9.96. The third-order valence-corrected chi connectivity index (χ3v) is 4.84. The predicted molar refractivity (Wildman–Crippen MR) is 125 cm³/mol. The molecule has 0 saturated heterocycles. The molecule has 4 aromatic rings. The van der Waals surface area contributed by atoms with E-state index in [2.05, 4.69) is 15.3 Å². The molecule has 0 saturated carbocycles. The molecule has 7 nitrogen and oxygen atoms in total. The first-order chi connectivity index (χ1) is 15.7. The summed E-state index contributed by atoms with van der Waals surface area (Å²) in [6.45, 7) is 0.684. The Morgan fingerprint density at radius 2 is 1.69 bits per heavy atom. The van der Waals surface area contributed by atoms with Crippen LogP contribution in [0.25, 0.3) is 0 Å². The molecule has 1 aromatic heterocycles. The number of nitrogens with zero attached hydrogens (tertiary/aromatic N) is 3. The van der Waals surface area contributed by atoms with E-state index in [1.165, 1.54) is 4.68 Å². The molecular weight excluding hydrogens is 424 g/mol. The maximum absolute atomic E-state index is 5.91. The van der Waals surface area contributed by atoms with Crippen molar-refractivity contribution < 1.29 is 14.2 Å². The second-order valence-electron chi connectivity index (χ2n) is 6.79. The lowest BCUT2D eigenvalue weighted by Gasteiger charge is -2.11. The minimum Gasteiger partial charge on any atom is -0.493 e. The molecule has 162 valence electrons. The van der Waals surface area contributed by atoms with Gasteiger partial charge in [-0.05, 0) is 53.7 Å². The van der Waals surface area contributed by atoms with Crippen molar-refractivity contribution in [3.8, 4) is 17.2 Å². The molecular formula is C24H22N4O3S. The van der Waals surface area contributed by atoms with Crippen molar-refractivity contribution in [2.45, 2.75) is 13.2 Å². The van der Waals surface area contributed by atoms with Crippen molar-refractivity contribution >= 4 is 18.4 Å². The van der Waals surface area contributed by atoms with Gasteiger partial charge in [-0.1, -0.05) is 48.5 Å². The highest BCUT2D eigenvalue weighted by Gasteiger charge is 2.08. The SMILES string of the molecule is COc1cc(/C=N/n2c(COc3ccccc3)n[nH]c2=S)ccc1OCc1ccccc1. The third kappa shape index (κ3) is 5.41. The lowest BCUT2D eigenvalue weighted by molar-refractivity contribution is 0.284. The van der Waals surface area contributed by atoms with Crippen molar-refractivity contribution in [1.82, 2.24) is 14.9 Å². The van der Waals surface area contributed by atoms with Crippen LogP contribution in [0.4, 0.5) is 0 Å². The Kier molecular flexibility index (Phi) is 6.94. The van der Waals surface area contributed by atoms with Crippen LogP contribution < -0.4 is 14.2 Å². The summed E-state index contributed by atoms with van der Waals surface area (Å²) in [5, 5.41) is 11.4. The van der Waals surface area contributed by atoms with Gasteiger partial charge in [-0.25, -0.2) is 5.10 Å². The number of ether oxygens (including phenoxy) is 3. The van der Waals surface area contributed by atoms with E-state index in [4.69, 9.17) is 26.4 Å². The fourth-order valence-electron chi connectivity index (χ4n) is 2.94. The summed E-state index contributed by atoms with van der Waals surface area (Å²) in [7, 11) is 1.61. The van der Waals surface area contributed by atoms with Crippen LogP contribution in [-0.2, 0) is 13.2 Å². The Labute approximate surface area is 190 Å². The van der Waals surface area contributed by atoms with E-state index in [0.29, 0.717) is 28.7 Å². The molecule has 0 fully saturated rings. The van der Waals surface area contributed by atoms with Gasteiger partial charge >= 0.3 is 0 Å². The number of benzene rings is 3. The van der Waals surface area contributed by atoms with Crippen molar-refractivity contribution in [2.75, 3.05) is 7.11 Å². The highest BCUT2D eigenvalue weighted by atomic mass is 32.1. The maximum Gasteiger partial charge on any atom is 0.216 e. The summed E-state index contributed by atoms with van der Waals surface area (Å²) in [5.74, 6) is 2.58. The smallest absolute Gasteiger partial charge is 0.216 e. The number of hydrogen-bond donors (Lipinski definition) is 1. The topological polar surface area (TPSA) is 73.7 Å². The molecule has 1 N–H and O–H groups in total. The highest BCUT2D eigenvalue weighted by molar-refractivity contribution is 7.71. The van der Waals surface area contributed by atoms with Crippen molar-refractivity contribution in [2.24, 2.45) is 5.10 Å². The molecule has 8 heteroatoms. The zero-order chi connectivity index (χ0) is 22.2. The average molecular weight is 447 g/mol. The normalized spacial score (nSPS) is 10.9. The molecule has 0 unspecified atom stereocenters. The van der Waals surface area contributed by atoms with E-state index >= 15 is 0 Å². The van der Waals surface area contributed by atoms with E-state index < -0.39 is 0 Å². The monoisotopic (exact) mass is 446 g/mol. The molecule has 0 aliphatic heterocycles. The highest BCUT2D eigenvalue weighted by Crippen LogP contribution is 2.28. The summed E-state index contributed by atoms with van der Waals surface area (Å²) in [6.07, 6.45) is 1.68. The van der Waals surface area contributed by atoms with Gasteiger partial charge in [0.1, 0.15) is 19.0 Å². The number of H-pyrrole nitrogens is 1. The summed E-state index contributed by atoms with van der Waals surface area (Å²) >= 11 is 5.30. The van der Waals surface area contributed by atoms with Crippen LogP contribution >= 0.6 is 12.2 Å². The van der Waals surface area contributed by atoms with Gasteiger partial charge in [-0.2, -0.15) is 14.9 Å². The summed E-state index contributed by atoms with van der Waals surface area (Å²) < 4.78 is 19.1. The minimum absolute atomic E-state index is 0.226. The number of nitrogens with one attached hydrogen (secondary N) is 1. The molecule has 0 atom stereocenters. The number of rotatable bonds is 9. The molecule has 0 aliphatic carbocycles. The van der Waals surface area contributed by atoms with Gasteiger partial charge in [0, 0.05) is 0 Å². The summed E-state index contributed by atoms with van der Waals surface area (Å²) in [5.41, 5.74) is 1.91. The first-order valence-corrected chi connectivity index (χ1v) is 10.4. The van der Waals surface area contributed by atoms with Crippen LogP contribution in [0, 0.1) is 4.77 Å². The second kappa shape index (κ2) is 10.4. The van der Waals surface area contributed by atoms with Gasteiger partial charge in [0.15, 0.2) is 17.3 Å². The number of aromatic amines is 1. The first kappa shape index (κ1) is 21.3. The van der Waals surface area contributed by atoms with Crippen LogP contribution in [0.2, 0.25) is 0 Å². The molecule has 3 aromatic carbocycles. The largest absolute Gasteiger partial charge is 0.493 e. The molecule has 0 spiro atoms. The van der Waals surface area contributed by atoms with Crippen molar-refractivity contribution in [3.63, 3.8) is 0 Å². The Morgan fingerprint density at radius 1 is 0.938 bits per heavy atom. The quantitative estimate of drug-likeness (QED) is 0.290. The van der Waals surface area contributed by atoms with Gasteiger partial charge < -0.3 is 14.2 Å². The average Bonchev–Trinajstić information content (AvgIpc) is 3.20.